The first-order valence-corrected chi connectivity index (χ1v) is 19.7. The molecule has 1 aromatic heterocycles. The molecular weight excluding hydrogens is 703 g/mol. The molecule has 3 heteroatoms. The Bertz CT molecular complexity index is 3330. The lowest BCUT2D eigenvalue weighted by molar-refractivity contribution is 1.18. The number of hydrogen-bond donors (Lipinski definition) is 0. The molecule has 0 spiro atoms. The molecule has 11 rings (SSSR count). The minimum absolute atomic E-state index is 0.631. The molecule has 3 nitrogen and oxygen atoms in total. The molecule has 0 aliphatic carbocycles. The van der Waals surface area contributed by atoms with Gasteiger partial charge in [-0.3, -0.25) is 0 Å². The van der Waals surface area contributed by atoms with Gasteiger partial charge in [-0.2, -0.15) is 5.26 Å². The number of para-hydroxylation sites is 2. The van der Waals surface area contributed by atoms with E-state index in [-0.39, 0.29) is 0 Å². The largest absolute Gasteiger partial charge is 0.310 e. The third kappa shape index (κ3) is 5.35. The third-order valence-corrected chi connectivity index (χ3v) is 11.6. The zero-order chi connectivity index (χ0) is 38.6. The van der Waals surface area contributed by atoms with Gasteiger partial charge in [-0.15, -0.1) is 0 Å². The van der Waals surface area contributed by atoms with Crippen molar-refractivity contribution in [2.24, 2.45) is 0 Å². The molecular formula is C55H35N3. The summed E-state index contributed by atoms with van der Waals surface area (Å²) in [6, 6.07) is 78.1. The Morgan fingerprint density at radius 3 is 1.57 bits per heavy atom. The van der Waals surface area contributed by atoms with Crippen LogP contribution in [0, 0.1) is 11.3 Å². The molecule has 270 valence electrons. The summed E-state index contributed by atoms with van der Waals surface area (Å²) in [5.41, 5.74) is 12.0. The topological polar surface area (TPSA) is 32.0 Å². The molecule has 0 fully saturated rings. The number of benzene rings is 10. The lowest BCUT2D eigenvalue weighted by Crippen LogP contribution is -2.10. The van der Waals surface area contributed by atoms with Crippen molar-refractivity contribution in [2.75, 3.05) is 4.90 Å². The normalized spacial score (nSPS) is 11.4. The second-order valence-corrected chi connectivity index (χ2v) is 14.8. The molecule has 0 bridgehead atoms. The molecule has 0 saturated carbocycles. The molecule has 0 aliphatic rings. The predicted molar refractivity (Wildman–Crippen MR) is 244 cm³/mol. The fraction of sp³-hybridized carbons (Fsp3) is 0. The maximum atomic E-state index is 9.67. The maximum Gasteiger partial charge on any atom is 0.0991 e. The number of nitrogens with zero attached hydrogens (tertiary/aromatic N) is 3. The van der Waals surface area contributed by atoms with Gasteiger partial charge in [-0.05, 0) is 127 Å². The van der Waals surface area contributed by atoms with Gasteiger partial charge in [0, 0.05) is 33.5 Å². The highest BCUT2D eigenvalue weighted by Crippen LogP contribution is 2.46. The highest BCUT2D eigenvalue weighted by molar-refractivity contribution is 6.23. The quantitative estimate of drug-likeness (QED) is 0.159. The molecule has 0 saturated heterocycles. The average molecular weight is 738 g/mol. The summed E-state index contributed by atoms with van der Waals surface area (Å²) >= 11 is 0. The van der Waals surface area contributed by atoms with E-state index >= 15 is 0 Å². The SMILES string of the molecule is N#Cc1ccc(N(c2ccc(-c3c4ccccc4c(-c4cccc5ccccc45)c4ccccc34)cc2)c2ccc3c(c2)c2ccccc2n3-c2ccccc2)cc1. The summed E-state index contributed by atoms with van der Waals surface area (Å²) in [5, 5.41) is 19.4. The lowest BCUT2D eigenvalue weighted by atomic mass is 9.85. The van der Waals surface area contributed by atoms with Crippen molar-refractivity contribution in [3.8, 4) is 34.0 Å². The van der Waals surface area contributed by atoms with Crippen LogP contribution < -0.4 is 4.90 Å². The van der Waals surface area contributed by atoms with Crippen LogP contribution in [0.5, 0.6) is 0 Å². The van der Waals surface area contributed by atoms with E-state index in [1.54, 1.807) is 0 Å². The zero-order valence-electron chi connectivity index (χ0n) is 31.5. The monoisotopic (exact) mass is 737 g/mol. The molecule has 10 aromatic carbocycles. The van der Waals surface area contributed by atoms with Gasteiger partial charge in [0.15, 0.2) is 0 Å². The van der Waals surface area contributed by atoms with Crippen molar-refractivity contribution >= 4 is 71.2 Å². The summed E-state index contributed by atoms with van der Waals surface area (Å²) < 4.78 is 2.34. The fourth-order valence-electron chi connectivity index (χ4n) is 9.04. The highest BCUT2D eigenvalue weighted by atomic mass is 15.1. The fourth-order valence-corrected chi connectivity index (χ4v) is 9.04. The van der Waals surface area contributed by atoms with Gasteiger partial charge in [0.1, 0.15) is 0 Å². The Labute approximate surface area is 336 Å². The summed E-state index contributed by atoms with van der Waals surface area (Å²) in [4.78, 5) is 2.29. The van der Waals surface area contributed by atoms with Crippen molar-refractivity contribution in [1.29, 1.82) is 5.26 Å². The summed E-state index contributed by atoms with van der Waals surface area (Å²) in [6.07, 6.45) is 0. The standard InChI is InChI=1S/C55H35N3/c56-36-37-25-29-41(30-26-37)57(43-33-34-53-51(35-43)45-18-10-11-24-52(45)58(53)40-15-2-1-3-16-40)42-31-27-39(28-32-42)54-47-19-6-8-21-49(47)55(50-22-9-7-20-48(50)54)46-23-12-14-38-13-4-5-17-44(38)46/h1-35H. The van der Waals surface area contributed by atoms with Gasteiger partial charge < -0.3 is 9.47 Å². The van der Waals surface area contributed by atoms with Crippen LogP contribution >= 0.6 is 0 Å². The van der Waals surface area contributed by atoms with Crippen LogP contribution in [-0.4, -0.2) is 4.57 Å². The van der Waals surface area contributed by atoms with E-state index in [1.807, 2.05) is 24.3 Å². The van der Waals surface area contributed by atoms with Crippen LogP contribution in [-0.2, 0) is 0 Å². The lowest BCUT2D eigenvalue weighted by Gasteiger charge is -2.26. The van der Waals surface area contributed by atoms with Crippen LogP contribution in [0.1, 0.15) is 5.56 Å². The molecule has 0 aliphatic heterocycles. The molecule has 0 radical (unpaired) electrons. The molecule has 0 unspecified atom stereocenters. The maximum absolute atomic E-state index is 9.67. The van der Waals surface area contributed by atoms with Gasteiger partial charge >= 0.3 is 0 Å². The van der Waals surface area contributed by atoms with Crippen molar-refractivity contribution < 1.29 is 0 Å². The van der Waals surface area contributed by atoms with Gasteiger partial charge in [-0.1, -0.05) is 140 Å². The van der Waals surface area contributed by atoms with Crippen LogP contribution in [0.25, 0.3) is 82.1 Å². The Morgan fingerprint density at radius 2 is 0.897 bits per heavy atom. The second-order valence-electron chi connectivity index (χ2n) is 14.8. The van der Waals surface area contributed by atoms with E-state index in [2.05, 4.69) is 204 Å². The molecule has 11 aromatic rings. The van der Waals surface area contributed by atoms with Crippen molar-refractivity contribution in [3.63, 3.8) is 0 Å². The Hall–Kier alpha value is -7.93. The van der Waals surface area contributed by atoms with Crippen LogP contribution in [0.3, 0.4) is 0 Å². The van der Waals surface area contributed by atoms with Crippen LogP contribution in [0.4, 0.5) is 17.1 Å². The van der Waals surface area contributed by atoms with Crippen LogP contribution in [0.2, 0.25) is 0 Å². The summed E-state index contributed by atoms with van der Waals surface area (Å²) in [7, 11) is 0. The van der Waals surface area contributed by atoms with Gasteiger partial charge in [0.2, 0.25) is 0 Å². The first kappa shape index (κ1) is 33.4. The first-order chi connectivity index (χ1) is 28.7. The smallest absolute Gasteiger partial charge is 0.0991 e. The second kappa shape index (κ2) is 13.7. The highest BCUT2D eigenvalue weighted by Gasteiger charge is 2.20. The average Bonchev–Trinajstić information content (AvgIpc) is 3.63. The minimum atomic E-state index is 0.631. The van der Waals surface area contributed by atoms with Crippen LogP contribution in [0.15, 0.2) is 212 Å². The van der Waals surface area contributed by atoms with Gasteiger partial charge in [0.05, 0.1) is 22.7 Å². The van der Waals surface area contributed by atoms with E-state index in [4.69, 9.17) is 0 Å². The summed E-state index contributed by atoms with van der Waals surface area (Å²) in [5.74, 6) is 0. The third-order valence-electron chi connectivity index (χ3n) is 11.6. The first-order valence-electron chi connectivity index (χ1n) is 19.7. The molecule has 0 N–H and O–H groups in total. The number of hydrogen-bond acceptors (Lipinski definition) is 2. The Morgan fingerprint density at radius 1 is 0.379 bits per heavy atom. The predicted octanol–water partition coefficient (Wildman–Crippen LogP) is 14.9. The Kier molecular flexibility index (Phi) is 7.88. The van der Waals surface area contributed by atoms with E-state index in [1.165, 1.54) is 65.3 Å². The van der Waals surface area contributed by atoms with Gasteiger partial charge in [0.25, 0.3) is 0 Å². The molecule has 1 heterocycles. The van der Waals surface area contributed by atoms with Crippen molar-refractivity contribution in [1.82, 2.24) is 4.57 Å². The number of anilines is 3. The molecule has 0 amide bonds. The van der Waals surface area contributed by atoms with E-state index in [0.717, 1.165) is 33.8 Å². The zero-order valence-corrected chi connectivity index (χ0v) is 31.5. The number of nitriles is 1. The summed E-state index contributed by atoms with van der Waals surface area (Å²) in [6.45, 7) is 0. The number of aromatic nitrogens is 1. The minimum Gasteiger partial charge on any atom is -0.310 e. The molecule has 58 heavy (non-hydrogen) atoms. The van der Waals surface area contributed by atoms with E-state index < -0.39 is 0 Å². The number of fused-ring (bicyclic) bond motifs is 6. The van der Waals surface area contributed by atoms with E-state index in [9.17, 15) is 5.26 Å². The Balaban J connectivity index is 1.09. The van der Waals surface area contributed by atoms with Crippen molar-refractivity contribution in [2.45, 2.75) is 0 Å². The van der Waals surface area contributed by atoms with Gasteiger partial charge in [-0.25, -0.2) is 0 Å². The molecule has 0 atom stereocenters. The van der Waals surface area contributed by atoms with Crippen molar-refractivity contribution in [3.05, 3.63) is 218 Å². The van der Waals surface area contributed by atoms with E-state index in [0.29, 0.717) is 5.56 Å². The number of rotatable bonds is 6.